The van der Waals surface area contributed by atoms with Crippen LogP contribution in [-0.4, -0.2) is 0 Å². The molecular formula is C35H64. The molecule has 0 bridgehead atoms. The minimum atomic E-state index is 0.554. The summed E-state index contributed by atoms with van der Waals surface area (Å²) in [4.78, 5) is 0. The van der Waals surface area contributed by atoms with Crippen molar-refractivity contribution in [3.05, 3.63) is 0 Å². The van der Waals surface area contributed by atoms with Crippen molar-refractivity contribution in [2.45, 2.75) is 170 Å². The van der Waals surface area contributed by atoms with Gasteiger partial charge in [-0.2, -0.15) is 0 Å². The Bertz CT molecular complexity index is 620. The lowest BCUT2D eigenvalue weighted by atomic mass is 9.57. The molecule has 2 unspecified atom stereocenters. The van der Waals surface area contributed by atoms with Crippen molar-refractivity contribution in [3.8, 4) is 0 Å². The van der Waals surface area contributed by atoms with Crippen molar-refractivity contribution in [2.24, 2.45) is 51.8 Å². The lowest BCUT2D eigenvalue weighted by Crippen LogP contribution is -2.36. The Morgan fingerprint density at radius 1 is 0.514 bits per heavy atom. The molecule has 0 radical (unpaired) electrons. The average molecular weight is 485 g/mol. The molecule has 0 N–H and O–H groups in total. The van der Waals surface area contributed by atoms with Crippen LogP contribution in [0.3, 0.4) is 0 Å². The summed E-state index contributed by atoms with van der Waals surface area (Å²) in [7, 11) is 0. The topological polar surface area (TPSA) is 0 Å². The van der Waals surface area contributed by atoms with Gasteiger partial charge in [0, 0.05) is 0 Å². The molecule has 4 aliphatic carbocycles. The molecule has 0 nitrogen and oxygen atoms in total. The monoisotopic (exact) mass is 485 g/mol. The molecule has 4 fully saturated rings. The fourth-order valence-corrected chi connectivity index (χ4v) is 10.1. The summed E-state index contributed by atoms with van der Waals surface area (Å²) in [5.74, 6) is 6.21. The highest BCUT2D eigenvalue weighted by Gasteiger charge is 2.41. The van der Waals surface area contributed by atoms with Gasteiger partial charge in [0.1, 0.15) is 0 Å². The molecule has 204 valence electrons. The summed E-state index contributed by atoms with van der Waals surface area (Å²) >= 11 is 0. The standard InChI is InChI=1S/C35H64/c1-27-7-9-29(10-8-27)11-12-30-13-15-31(16-14-30)23-32-17-19-34(5,20-18-32)21-22-35(6)25-28(2)24-33(3,4)26-35/h27-32H,7-26H2,1-6H3. The molecule has 0 heterocycles. The summed E-state index contributed by atoms with van der Waals surface area (Å²) in [5, 5.41) is 0. The van der Waals surface area contributed by atoms with Crippen molar-refractivity contribution in [1.82, 2.24) is 0 Å². The first-order valence-corrected chi connectivity index (χ1v) is 16.5. The summed E-state index contributed by atoms with van der Waals surface area (Å²) in [5.41, 5.74) is 1.78. The molecule has 0 aromatic rings. The quantitative estimate of drug-likeness (QED) is 0.321. The fourth-order valence-electron chi connectivity index (χ4n) is 10.1. The van der Waals surface area contributed by atoms with E-state index in [1.165, 1.54) is 83.5 Å². The Hall–Kier alpha value is 0. The van der Waals surface area contributed by atoms with E-state index in [0.29, 0.717) is 16.2 Å². The van der Waals surface area contributed by atoms with Gasteiger partial charge in [0.25, 0.3) is 0 Å². The molecule has 4 saturated carbocycles. The van der Waals surface area contributed by atoms with E-state index in [-0.39, 0.29) is 0 Å². The maximum atomic E-state index is 2.65. The van der Waals surface area contributed by atoms with Gasteiger partial charge in [0.05, 0.1) is 0 Å². The predicted molar refractivity (Wildman–Crippen MR) is 155 cm³/mol. The molecule has 4 aliphatic rings. The normalized spacial score (nSPS) is 44.7. The Balaban J connectivity index is 1.12. The van der Waals surface area contributed by atoms with Crippen LogP contribution in [0, 0.1) is 51.8 Å². The van der Waals surface area contributed by atoms with Crippen molar-refractivity contribution in [2.75, 3.05) is 0 Å². The molecule has 0 aliphatic heterocycles. The van der Waals surface area contributed by atoms with Gasteiger partial charge in [-0.05, 0) is 116 Å². The van der Waals surface area contributed by atoms with Crippen LogP contribution >= 0.6 is 0 Å². The SMILES string of the molecule is CC1CCC(CCC2CCC(CC3CCC(C)(CCC4(C)CC(C)CC(C)(C)C4)CC3)CC2)CC1. The van der Waals surface area contributed by atoms with Crippen LogP contribution in [-0.2, 0) is 0 Å². The van der Waals surface area contributed by atoms with E-state index in [1.807, 2.05) is 0 Å². The van der Waals surface area contributed by atoms with Gasteiger partial charge in [0.2, 0.25) is 0 Å². The van der Waals surface area contributed by atoms with E-state index in [0.717, 1.165) is 35.5 Å². The second kappa shape index (κ2) is 11.8. The van der Waals surface area contributed by atoms with E-state index in [1.54, 1.807) is 44.9 Å². The van der Waals surface area contributed by atoms with Gasteiger partial charge >= 0.3 is 0 Å². The van der Waals surface area contributed by atoms with Crippen LogP contribution in [0.25, 0.3) is 0 Å². The van der Waals surface area contributed by atoms with Gasteiger partial charge in [-0.1, -0.05) is 106 Å². The second-order valence-electron chi connectivity index (χ2n) is 16.7. The van der Waals surface area contributed by atoms with Crippen molar-refractivity contribution < 1.29 is 0 Å². The largest absolute Gasteiger partial charge is 0.0625 e. The molecule has 0 saturated heterocycles. The molecule has 0 aromatic carbocycles. The van der Waals surface area contributed by atoms with E-state index in [9.17, 15) is 0 Å². The number of rotatable bonds is 8. The van der Waals surface area contributed by atoms with E-state index in [4.69, 9.17) is 0 Å². The van der Waals surface area contributed by atoms with Gasteiger partial charge < -0.3 is 0 Å². The van der Waals surface area contributed by atoms with Crippen molar-refractivity contribution in [1.29, 1.82) is 0 Å². The zero-order valence-electron chi connectivity index (χ0n) is 25.1. The predicted octanol–water partition coefficient (Wildman–Crippen LogP) is 11.6. The summed E-state index contributed by atoms with van der Waals surface area (Å²) in [6.07, 6.45) is 30.4. The van der Waals surface area contributed by atoms with Gasteiger partial charge in [0.15, 0.2) is 0 Å². The molecular weight excluding hydrogens is 420 g/mol. The molecule has 0 aromatic heterocycles. The summed E-state index contributed by atoms with van der Waals surface area (Å²) in [6.45, 7) is 15.3. The van der Waals surface area contributed by atoms with Crippen LogP contribution in [0.1, 0.15) is 170 Å². The molecule has 4 rings (SSSR count). The highest BCUT2D eigenvalue weighted by Crippen LogP contribution is 2.53. The molecule has 35 heavy (non-hydrogen) atoms. The van der Waals surface area contributed by atoms with Crippen LogP contribution in [0.5, 0.6) is 0 Å². The van der Waals surface area contributed by atoms with Gasteiger partial charge in [-0.15, -0.1) is 0 Å². The third-order valence-electron chi connectivity index (χ3n) is 12.0. The zero-order valence-corrected chi connectivity index (χ0v) is 25.1. The van der Waals surface area contributed by atoms with Crippen LogP contribution in [0.2, 0.25) is 0 Å². The number of hydrogen-bond donors (Lipinski definition) is 0. The summed E-state index contributed by atoms with van der Waals surface area (Å²) in [6, 6.07) is 0. The third-order valence-corrected chi connectivity index (χ3v) is 12.0. The summed E-state index contributed by atoms with van der Waals surface area (Å²) < 4.78 is 0. The highest BCUT2D eigenvalue weighted by molar-refractivity contribution is 4.93. The third kappa shape index (κ3) is 8.50. The van der Waals surface area contributed by atoms with Gasteiger partial charge in [-0.25, -0.2) is 0 Å². The maximum Gasteiger partial charge on any atom is -0.0318 e. The van der Waals surface area contributed by atoms with Crippen molar-refractivity contribution in [3.63, 3.8) is 0 Å². The Labute approximate surface area is 221 Å². The minimum absolute atomic E-state index is 0.554. The van der Waals surface area contributed by atoms with E-state index >= 15 is 0 Å². The van der Waals surface area contributed by atoms with Crippen LogP contribution < -0.4 is 0 Å². The van der Waals surface area contributed by atoms with Gasteiger partial charge in [-0.3, -0.25) is 0 Å². The average Bonchev–Trinajstić information content (AvgIpc) is 2.79. The van der Waals surface area contributed by atoms with E-state index in [2.05, 4.69) is 41.5 Å². The zero-order chi connectivity index (χ0) is 25.1. The fraction of sp³-hybridized carbons (Fsp3) is 1.00. The first kappa shape index (κ1) is 28.0. The molecule has 0 heteroatoms. The first-order chi connectivity index (χ1) is 16.5. The molecule has 0 amide bonds. The Morgan fingerprint density at radius 2 is 1.00 bits per heavy atom. The first-order valence-electron chi connectivity index (χ1n) is 16.5. The molecule has 0 spiro atoms. The smallest absolute Gasteiger partial charge is 0.0318 e. The number of hydrogen-bond acceptors (Lipinski definition) is 0. The van der Waals surface area contributed by atoms with Crippen LogP contribution in [0.4, 0.5) is 0 Å². The Kier molecular flexibility index (Phi) is 9.45. The second-order valence-corrected chi connectivity index (χ2v) is 16.7. The minimum Gasteiger partial charge on any atom is -0.0625 e. The van der Waals surface area contributed by atoms with Crippen molar-refractivity contribution >= 4 is 0 Å². The molecule has 2 atom stereocenters. The lowest BCUT2D eigenvalue weighted by Gasteiger charge is -2.48. The van der Waals surface area contributed by atoms with Crippen LogP contribution in [0.15, 0.2) is 0 Å². The Morgan fingerprint density at radius 3 is 1.57 bits per heavy atom. The highest BCUT2D eigenvalue weighted by atomic mass is 14.5. The maximum absolute atomic E-state index is 2.65. The van der Waals surface area contributed by atoms with E-state index < -0.39 is 0 Å². The lowest BCUT2D eigenvalue weighted by molar-refractivity contribution is 0.0339.